The van der Waals surface area contributed by atoms with Crippen LogP contribution in [0.15, 0.2) is 42.6 Å². The van der Waals surface area contributed by atoms with E-state index in [1.807, 2.05) is 29.6 Å². The lowest BCUT2D eigenvalue weighted by Crippen LogP contribution is -2.38. The van der Waals surface area contributed by atoms with Crippen LogP contribution >= 0.6 is 11.6 Å². The van der Waals surface area contributed by atoms with Crippen molar-refractivity contribution in [3.63, 3.8) is 0 Å². The predicted molar refractivity (Wildman–Crippen MR) is 105 cm³/mol. The SMILES string of the molecule is CN(C)C/C=C/C(=O)N1CCn2c(C(=O)Nc3ccccc3Cl)cnc2C1. The molecule has 142 valence electrons. The second-order valence-corrected chi connectivity index (χ2v) is 6.98. The van der Waals surface area contributed by atoms with Crippen molar-refractivity contribution in [2.45, 2.75) is 13.1 Å². The van der Waals surface area contributed by atoms with Crippen LogP contribution in [0.1, 0.15) is 16.3 Å². The fourth-order valence-electron chi connectivity index (χ4n) is 2.85. The molecule has 0 aliphatic carbocycles. The first-order chi connectivity index (χ1) is 13.0. The number of carbonyl (C=O) groups excluding carboxylic acids is 2. The first kappa shape index (κ1) is 19.1. The molecule has 1 aliphatic rings. The Morgan fingerprint density at radius 3 is 2.81 bits per heavy atom. The van der Waals surface area contributed by atoms with Crippen LogP contribution in [0.3, 0.4) is 0 Å². The largest absolute Gasteiger partial charge is 0.330 e. The molecule has 0 spiro atoms. The third-order valence-electron chi connectivity index (χ3n) is 4.26. The number of carbonyl (C=O) groups is 2. The Labute approximate surface area is 163 Å². The Bertz CT molecular complexity index is 875. The van der Waals surface area contributed by atoms with E-state index >= 15 is 0 Å². The highest BCUT2D eigenvalue weighted by atomic mass is 35.5. The van der Waals surface area contributed by atoms with Gasteiger partial charge in [0.15, 0.2) is 0 Å². The fraction of sp³-hybridized carbons (Fsp3) is 0.316. The van der Waals surface area contributed by atoms with Gasteiger partial charge in [-0.1, -0.05) is 29.8 Å². The third-order valence-corrected chi connectivity index (χ3v) is 4.59. The van der Waals surface area contributed by atoms with Gasteiger partial charge >= 0.3 is 0 Å². The van der Waals surface area contributed by atoms with E-state index in [0.29, 0.717) is 48.4 Å². The molecule has 27 heavy (non-hydrogen) atoms. The van der Waals surface area contributed by atoms with E-state index in [0.717, 1.165) is 0 Å². The number of benzene rings is 1. The number of para-hydroxylation sites is 1. The quantitative estimate of drug-likeness (QED) is 0.799. The molecule has 1 aromatic carbocycles. The van der Waals surface area contributed by atoms with Crippen LogP contribution in [0, 0.1) is 0 Å². The number of halogens is 1. The maximum atomic E-state index is 12.6. The molecule has 2 heterocycles. The summed E-state index contributed by atoms with van der Waals surface area (Å²) in [5, 5.41) is 3.28. The van der Waals surface area contributed by atoms with Crippen molar-refractivity contribution in [3.8, 4) is 0 Å². The zero-order valence-corrected chi connectivity index (χ0v) is 16.1. The standard InChI is InChI=1S/C19H22ClN5O2/c1-23(2)9-5-8-18(26)24-10-11-25-16(12-21-17(25)13-24)19(27)22-15-7-4-3-6-14(15)20/h3-8,12H,9-11,13H2,1-2H3,(H,22,27)/b8-5+. The van der Waals surface area contributed by atoms with Crippen molar-refractivity contribution in [2.24, 2.45) is 0 Å². The van der Waals surface area contributed by atoms with Crippen LogP contribution in [-0.2, 0) is 17.9 Å². The number of nitrogens with one attached hydrogen (secondary N) is 1. The minimum atomic E-state index is -0.271. The van der Waals surface area contributed by atoms with Gasteiger partial charge in [0, 0.05) is 25.7 Å². The fourth-order valence-corrected chi connectivity index (χ4v) is 3.03. The second-order valence-electron chi connectivity index (χ2n) is 6.57. The van der Waals surface area contributed by atoms with E-state index in [1.54, 1.807) is 35.2 Å². The number of amides is 2. The van der Waals surface area contributed by atoms with Crippen molar-refractivity contribution in [2.75, 3.05) is 32.5 Å². The lowest BCUT2D eigenvalue weighted by Gasteiger charge is -2.27. The average molecular weight is 388 g/mol. The predicted octanol–water partition coefficient (Wildman–Crippen LogP) is 2.25. The Balaban J connectivity index is 1.68. The van der Waals surface area contributed by atoms with Gasteiger partial charge < -0.3 is 19.7 Å². The highest BCUT2D eigenvalue weighted by Gasteiger charge is 2.24. The molecule has 0 fully saturated rings. The van der Waals surface area contributed by atoms with E-state index < -0.39 is 0 Å². The van der Waals surface area contributed by atoms with Crippen LogP contribution in [0.5, 0.6) is 0 Å². The topological polar surface area (TPSA) is 70.5 Å². The summed E-state index contributed by atoms with van der Waals surface area (Å²) in [6.07, 6.45) is 4.97. The van der Waals surface area contributed by atoms with Crippen LogP contribution in [0.2, 0.25) is 5.02 Å². The minimum absolute atomic E-state index is 0.0480. The molecule has 1 aliphatic heterocycles. The average Bonchev–Trinajstić information content (AvgIpc) is 3.06. The summed E-state index contributed by atoms with van der Waals surface area (Å²) in [4.78, 5) is 32.9. The van der Waals surface area contributed by atoms with Gasteiger partial charge in [-0.3, -0.25) is 9.59 Å². The lowest BCUT2D eigenvalue weighted by atomic mass is 10.3. The third kappa shape index (κ3) is 4.56. The maximum Gasteiger partial charge on any atom is 0.273 e. The minimum Gasteiger partial charge on any atom is -0.330 e. The highest BCUT2D eigenvalue weighted by molar-refractivity contribution is 6.33. The summed E-state index contributed by atoms with van der Waals surface area (Å²) in [5.41, 5.74) is 1.01. The summed E-state index contributed by atoms with van der Waals surface area (Å²) in [7, 11) is 3.89. The number of aromatic nitrogens is 2. The molecule has 0 saturated heterocycles. The molecule has 2 aromatic rings. The first-order valence-electron chi connectivity index (χ1n) is 8.66. The van der Waals surface area contributed by atoms with Crippen LogP contribution in [0.25, 0.3) is 0 Å². The Morgan fingerprint density at radius 1 is 1.30 bits per heavy atom. The zero-order chi connectivity index (χ0) is 19.4. The van der Waals surface area contributed by atoms with Gasteiger partial charge in [-0.05, 0) is 26.2 Å². The van der Waals surface area contributed by atoms with Crippen molar-refractivity contribution in [1.82, 2.24) is 19.4 Å². The molecule has 2 amide bonds. The molecule has 8 heteroatoms. The summed E-state index contributed by atoms with van der Waals surface area (Å²) < 4.78 is 1.85. The zero-order valence-electron chi connectivity index (χ0n) is 15.4. The molecule has 1 aromatic heterocycles. The molecular weight excluding hydrogens is 366 g/mol. The summed E-state index contributed by atoms with van der Waals surface area (Å²) in [6.45, 7) is 2.14. The van der Waals surface area contributed by atoms with Gasteiger partial charge in [-0.25, -0.2) is 4.98 Å². The summed E-state index contributed by atoms with van der Waals surface area (Å²) in [6, 6.07) is 7.07. The van der Waals surface area contributed by atoms with E-state index in [4.69, 9.17) is 11.6 Å². The second kappa shape index (κ2) is 8.37. The Kier molecular flexibility index (Phi) is 5.93. The number of fused-ring (bicyclic) bond motifs is 1. The van der Waals surface area contributed by atoms with E-state index in [2.05, 4.69) is 10.3 Å². The van der Waals surface area contributed by atoms with Crippen LogP contribution < -0.4 is 5.32 Å². The number of nitrogens with zero attached hydrogens (tertiary/aromatic N) is 4. The molecule has 0 unspecified atom stereocenters. The van der Waals surface area contributed by atoms with Crippen LogP contribution in [-0.4, -0.2) is 58.4 Å². The first-order valence-corrected chi connectivity index (χ1v) is 9.04. The van der Waals surface area contributed by atoms with Crippen molar-refractivity contribution in [3.05, 3.63) is 59.2 Å². The van der Waals surface area contributed by atoms with Gasteiger partial charge in [0.2, 0.25) is 5.91 Å². The molecule has 0 radical (unpaired) electrons. The summed E-state index contributed by atoms with van der Waals surface area (Å²) >= 11 is 6.10. The van der Waals surface area contributed by atoms with Gasteiger partial charge in [0.1, 0.15) is 11.5 Å². The normalized spacial score (nSPS) is 13.9. The lowest BCUT2D eigenvalue weighted by molar-refractivity contribution is -0.127. The molecule has 0 bridgehead atoms. The number of likely N-dealkylation sites (N-methyl/N-ethyl adjacent to an activating group) is 1. The van der Waals surface area contributed by atoms with Crippen molar-refractivity contribution in [1.29, 1.82) is 0 Å². The monoisotopic (exact) mass is 387 g/mol. The van der Waals surface area contributed by atoms with Crippen molar-refractivity contribution < 1.29 is 9.59 Å². The molecule has 3 rings (SSSR count). The van der Waals surface area contributed by atoms with Gasteiger partial charge in [-0.15, -0.1) is 0 Å². The van der Waals surface area contributed by atoms with Gasteiger partial charge in [-0.2, -0.15) is 0 Å². The molecule has 0 atom stereocenters. The number of imidazole rings is 1. The molecule has 0 saturated carbocycles. The molecule has 1 N–H and O–H groups in total. The molecular formula is C19H22ClN5O2. The number of rotatable bonds is 5. The smallest absolute Gasteiger partial charge is 0.273 e. The van der Waals surface area contributed by atoms with Crippen LogP contribution in [0.4, 0.5) is 5.69 Å². The number of hydrogen-bond acceptors (Lipinski definition) is 4. The number of hydrogen-bond donors (Lipinski definition) is 1. The Hall–Kier alpha value is -2.64. The maximum absolute atomic E-state index is 12.6. The van der Waals surface area contributed by atoms with E-state index in [1.165, 1.54) is 6.20 Å². The number of anilines is 1. The van der Waals surface area contributed by atoms with Gasteiger partial charge in [0.05, 0.1) is 23.5 Å². The van der Waals surface area contributed by atoms with E-state index in [9.17, 15) is 9.59 Å². The summed E-state index contributed by atoms with van der Waals surface area (Å²) in [5.74, 6) is 0.376. The highest BCUT2D eigenvalue weighted by Crippen LogP contribution is 2.22. The molecule has 7 nitrogen and oxygen atoms in total. The Morgan fingerprint density at radius 2 is 2.07 bits per heavy atom. The van der Waals surface area contributed by atoms with E-state index in [-0.39, 0.29) is 11.8 Å². The van der Waals surface area contributed by atoms with Gasteiger partial charge in [0.25, 0.3) is 5.91 Å². The van der Waals surface area contributed by atoms with Crippen molar-refractivity contribution >= 4 is 29.1 Å².